The van der Waals surface area contributed by atoms with Crippen molar-refractivity contribution >= 4 is 34.0 Å². The first kappa shape index (κ1) is 22.3. The van der Waals surface area contributed by atoms with Crippen molar-refractivity contribution in [1.29, 1.82) is 0 Å². The summed E-state index contributed by atoms with van der Waals surface area (Å²) in [4.78, 5) is 33.4. The molecule has 0 atom stereocenters. The number of anilines is 1. The molecule has 2 aromatic rings. The van der Waals surface area contributed by atoms with Gasteiger partial charge in [-0.2, -0.15) is 0 Å². The molecule has 0 radical (unpaired) electrons. The van der Waals surface area contributed by atoms with E-state index in [2.05, 4.69) is 20.6 Å². The number of aromatic nitrogens is 1. The number of nitrogens with zero attached hydrogens (tertiary/aromatic N) is 2. The van der Waals surface area contributed by atoms with Gasteiger partial charge in [0.05, 0.1) is 23.4 Å². The lowest BCUT2D eigenvalue weighted by molar-refractivity contribution is -0.121. The summed E-state index contributed by atoms with van der Waals surface area (Å²) in [5.74, 6) is -0.821. The van der Waals surface area contributed by atoms with Gasteiger partial charge in [-0.15, -0.1) is 11.3 Å². The number of carbonyl (C=O) groups excluding carboxylic acids is 2. The van der Waals surface area contributed by atoms with Gasteiger partial charge in [-0.05, 0) is 40.7 Å². The fraction of sp³-hybridized carbons (Fsp3) is 0.333. The van der Waals surface area contributed by atoms with Gasteiger partial charge in [0.15, 0.2) is 5.13 Å². The summed E-state index contributed by atoms with van der Waals surface area (Å²) in [6.45, 7) is 9.31. The minimum absolute atomic E-state index is 0.196. The lowest BCUT2D eigenvalue weighted by Gasteiger charge is -2.15. The molecular formula is C21H27N5O2S. The van der Waals surface area contributed by atoms with Crippen LogP contribution in [0.15, 0.2) is 46.4 Å². The Hall–Kier alpha value is -3.00. The number of carbonyl (C=O) groups is 2. The number of nitrogens with one attached hydrogen (secondary N) is 2. The van der Waals surface area contributed by atoms with Crippen molar-refractivity contribution in [3.63, 3.8) is 0 Å². The SMILES string of the molecule is CC(=NC(C)(C)C)/C(=C\N)C(=O)NCC(=O)Nc1nc(-c2cccc(C)c2)cs1. The van der Waals surface area contributed by atoms with E-state index in [9.17, 15) is 9.59 Å². The third-order valence-electron chi connectivity index (χ3n) is 3.78. The first-order valence-electron chi connectivity index (χ1n) is 9.18. The number of amides is 2. The summed E-state index contributed by atoms with van der Waals surface area (Å²) in [6.07, 6.45) is 1.20. The molecule has 0 spiro atoms. The number of nitrogens with two attached hydrogens (primary N) is 1. The lowest BCUT2D eigenvalue weighted by atomic mass is 10.1. The van der Waals surface area contributed by atoms with Gasteiger partial charge in [0, 0.05) is 22.9 Å². The van der Waals surface area contributed by atoms with Gasteiger partial charge in [-0.25, -0.2) is 4.98 Å². The number of hydrogen-bond acceptors (Lipinski definition) is 6. The van der Waals surface area contributed by atoms with E-state index in [1.807, 2.05) is 57.3 Å². The maximum atomic E-state index is 12.3. The molecule has 7 nitrogen and oxygen atoms in total. The molecule has 0 aliphatic rings. The molecule has 154 valence electrons. The van der Waals surface area contributed by atoms with E-state index in [4.69, 9.17) is 5.73 Å². The normalized spacial score (nSPS) is 12.6. The van der Waals surface area contributed by atoms with E-state index < -0.39 is 5.91 Å². The van der Waals surface area contributed by atoms with Crippen molar-refractivity contribution in [3.05, 3.63) is 47.0 Å². The predicted octanol–water partition coefficient (Wildman–Crippen LogP) is 3.28. The maximum Gasteiger partial charge on any atom is 0.255 e. The first-order valence-corrected chi connectivity index (χ1v) is 10.1. The molecule has 0 aliphatic carbocycles. The molecule has 8 heteroatoms. The molecular weight excluding hydrogens is 386 g/mol. The molecule has 0 saturated heterocycles. The zero-order valence-electron chi connectivity index (χ0n) is 17.4. The van der Waals surface area contributed by atoms with Crippen LogP contribution >= 0.6 is 11.3 Å². The highest BCUT2D eigenvalue weighted by Crippen LogP contribution is 2.25. The Balaban J connectivity index is 1.95. The Morgan fingerprint density at radius 2 is 2.03 bits per heavy atom. The molecule has 0 bridgehead atoms. The van der Waals surface area contributed by atoms with E-state index in [1.165, 1.54) is 17.5 Å². The highest BCUT2D eigenvalue weighted by Gasteiger charge is 2.17. The van der Waals surface area contributed by atoms with E-state index >= 15 is 0 Å². The number of aryl methyl sites for hydroxylation is 1. The molecule has 0 aliphatic heterocycles. The maximum absolute atomic E-state index is 12.3. The molecule has 1 heterocycles. The van der Waals surface area contributed by atoms with Crippen molar-refractivity contribution < 1.29 is 9.59 Å². The summed E-state index contributed by atoms with van der Waals surface area (Å²) >= 11 is 1.33. The molecule has 2 rings (SSSR count). The second-order valence-corrected chi connectivity index (χ2v) is 8.44. The second kappa shape index (κ2) is 9.47. The topological polar surface area (TPSA) is 109 Å². The molecule has 4 N–H and O–H groups in total. The average molecular weight is 414 g/mol. The Kier molecular flexibility index (Phi) is 7.28. The molecule has 0 fully saturated rings. The number of aliphatic imine (C=N–C) groups is 1. The van der Waals surface area contributed by atoms with Crippen LogP contribution < -0.4 is 16.4 Å². The Morgan fingerprint density at radius 1 is 1.31 bits per heavy atom. The standard InChI is InChI=1S/C21H27N5O2S/c1-13-7-6-8-15(9-13)17-12-29-20(24-17)25-18(27)11-23-19(28)16(10-22)14(2)26-21(3,4)5/h6-10,12H,11,22H2,1-5H3,(H,23,28)(H,24,25,27)/b16-10+,26-14?. The summed E-state index contributed by atoms with van der Waals surface area (Å²) in [5.41, 5.74) is 8.91. The van der Waals surface area contributed by atoms with Crippen LogP contribution in [0.5, 0.6) is 0 Å². The molecule has 29 heavy (non-hydrogen) atoms. The summed E-state index contributed by atoms with van der Waals surface area (Å²) in [6, 6.07) is 7.98. The van der Waals surface area contributed by atoms with Crippen LogP contribution in [0.1, 0.15) is 33.3 Å². The van der Waals surface area contributed by atoms with Crippen molar-refractivity contribution in [2.45, 2.75) is 40.2 Å². The van der Waals surface area contributed by atoms with Crippen molar-refractivity contribution in [1.82, 2.24) is 10.3 Å². The zero-order valence-corrected chi connectivity index (χ0v) is 18.2. The van der Waals surface area contributed by atoms with Crippen LogP contribution in [0.25, 0.3) is 11.3 Å². The fourth-order valence-electron chi connectivity index (χ4n) is 2.61. The molecule has 0 saturated carbocycles. The lowest BCUT2D eigenvalue weighted by Crippen LogP contribution is -2.35. The Bertz CT molecular complexity index is 954. The van der Waals surface area contributed by atoms with Crippen molar-refractivity contribution in [2.24, 2.45) is 10.7 Å². The van der Waals surface area contributed by atoms with Gasteiger partial charge < -0.3 is 16.4 Å². The van der Waals surface area contributed by atoms with Crippen LogP contribution in [0, 0.1) is 6.92 Å². The zero-order chi connectivity index (χ0) is 21.6. The van der Waals surface area contributed by atoms with Gasteiger partial charge >= 0.3 is 0 Å². The molecule has 2 amide bonds. The van der Waals surface area contributed by atoms with E-state index in [1.54, 1.807) is 6.92 Å². The minimum Gasteiger partial charge on any atom is -0.404 e. The molecule has 1 aromatic carbocycles. The first-order chi connectivity index (χ1) is 13.6. The van der Waals surface area contributed by atoms with Gasteiger partial charge in [0.25, 0.3) is 5.91 Å². The summed E-state index contributed by atoms with van der Waals surface area (Å²) in [7, 11) is 0. The summed E-state index contributed by atoms with van der Waals surface area (Å²) in [5, 5.41) is 7.61. The largest absolute Gasteiger partial charge is 0.404 e. The minimum atomic E-state index is -0.451. The second-order valence-electron chi connectivity index (χ2n) is 7.59. The van der Waals surface area contributed by atoms with Crippen molar-refractivity contribution in [2.75, 3.05) is 11.9 Å². The fourth-order valence-corrected chi connectivity index (χ4v) is 3.35. The third-order valence-corrected chi connectivity index (χ3v) is 4.54. The van der Waals surface area contributed by atoms with Crippen LogP contribution in [0.2, 0.25) is 0 Å². The third kappa shape index (κ3) is 6.83. The van der Waals surface area contributed by atoms with E-state index in [0.717, 1.165) is 16.8 Å². The van der Waals surface area contributed by atoms with Crippen molar-refractivity contribution in [3.8, 4) is 11.3 Å². The monoisotopic (exact) mass is 413 g/mol. The van der Waals surface area contributed by atoms with Crippen LogP contribution in [-0.4, -0.2) is 34.6 Å². The van der Waals surface area contributed by atoms with Crippen LogP contribution in [0.3, 0.4) is 0 Å². The molecule has 1 aromatic heterocycles. The number of rotatable bonds is 6. The van der Waals surface area contributed by atoms with Gasteiger partial charge in [0.1, 0.15) is 0 Å². The van der Waals surface area contributed by atoms with Gasteiger partial charge in [0.2, 0.25) is 5.91 Å². The van der Waals surface area contributed by atoms with E-state index in [-0.39, 0.29) is 23.6 Å². The van der Waals surface area contributed by atoms with Crippen LogP contribution in [-0.2, 0) is 9.59 Å². The predicted molar refractivity (Wildman–Crippen MR) is 119 cm³/mol. The molecule has 0 unspecified atom stereocenters. The highest BCUT2D eigenvalue weighted by molar-refractivity contribution is 7.14. The van der Waals surface area contributed by atoms with Gasteiger partial charge in [-0.3, -0.25) is 14.6 Å². The van der Waals surface area contributed by atoms with Gasteiger partial charge in [-0.1, -0.05) is 23.8 Å². The van der Waals surface area contributed by atoms with E-state index in [0.29, 0.717) is 10.8 Å². The summed E-state index contributed by atoms with van der Waals surface area (Å²) < 4.78 is 0. The Morgan fingerprint density at radius 3 is 2.66 bits per heavy atom. The number of hydrogen-bond donors (Lipinski definition) is 3. The number of thiazole rings is 1. The average Bonchev–Trinajstić information content (AvgIpc) is 3.07. The highest BCUT2D eigenvalue weighted by atomic mass is 32.1. The Labute approximate surface area is 175 Å². The smallest absolute Gasteiger partial charge is 0.255 e. The number of benzene rings is 1. The van der Waals surface area contributed by atoms with Crippen LogP contribution in [0.4, 0.5) is 5.13 Å². The quantitative estimate of drug-likeness (QED) is 0.499.